The van der Waals surface area contributed by atoms with Gasteiger partial charge in [0.2, 0.25) is 0 Å². The molecule has 0 amide bonds. The van der Waals surface area contributed by atoms with Crippen LogP contribution in [0, 0.1) is 5.92 Å². The largest absolute Gasteiger partial charge is 0.380 e. The molecule has 0 radical (unpaired) electrons. The van der Waals surface area contributed by atoms with E-state index in [9.17, 15) is 8.42 Å². The van der Waals surface area contributed by atoms with Gasteiger partial charge in [0.1, 0.15) is 5.75 Å². The average Bonchev–Trinajstić information content (AvgIpc) is 2.14. The zero-order chi connectivity index (χ0) is 11.5. The van der Waals surface area contributed by atoms with Gasteiger partial charge >= 0.3 is 0 Å². The standard InChI is InChI=1S/C9H19NO4S/c1-10-5-3-8(4-6-10)9(14-2)7-15(11,12)13/h8-9H,3-7H2,1-2H3,(H,11,12,13). The van der Waals surface area contributed by atoms with Crippen LogP contribution in [-0.4, -0.2) is 57.0 Å². The summed E-state index contributed by atoms with van der Waals surface area (Å²) in [5, 5.41) is 0. The molecule has 1 rings (SSSR count). The fourth-order valence-electron chi connectivity index (χ4n) is 2.00. The summed E-state index contributed by atoms with van der Waals surface area (Å²) < 4.78 is 35.5. The molecule has 6 heteroatoms. The lowest BCUT2D eigenvalue weighted by Crippen LogP contribution is -2.39. The van der Waals surface area contributed by atoms with Crippen LogP contribution in [0.3, 0.4) is 0 Å². The Morgan fingerprint density at radius 3 is 2.40 bits per heavy atom. The number of methoxy groups -OCH3 is 1. The Kier molecular flexibility index (Phi) is 4.51. The van der Waals surface area contributed by atoms with E-state index in [1.807, 2.05) is 7.05 Å². The normalized spacial score (nSPS) is 22.9. The van der Waals surface area contributed by atoms with Crippen LogP contribution >= 0.6 is 0 Å². The lowest BCUT2D eigenvalue weighted by molar-refractivity contribution is 0.0395. The summed E-state index contributed by atoms with van der Waals surface area (Å²) in [6.45, 7) is 1.91. The molecule has 1 saturated heterocycles. The highest BCUT2D eigenvalue weighted by Crippen LogP contribution is 2.22. The van der Waals surface area contributed by atoms with Crippen molar-refractivity contribution in [3.05, 3.63) is 0 Å². The monoisotopic (exact) mass is 237 g/mol. The van der Waals surface area contributed by atoms with E-state index in [2.05, 4.69) is 4.90 Å². The third-order valence-electron chi connectivity index (χ3n) is 2.97. The van der Waals surface area contributed by atoms with Gasteiger partial charge in [0.25, 0.3) is 10.1 Å². The van der Waals surface area contributed by atoms with Crippen LogP contribution in [0.15, 0.2) is 0 Å². The van der Waals surface area contributed by atoms with Crippen LogP contribution in [0.1, 0.15) is 12.8 Å². The Labute approximate surface area is 91.2 Å². The lowest BCUT2D eigenvalue weighted by Gasteiger charge is -2.33. The highest BCUT2D eigenvalue weighted by Gasteiger charge is 2.28. The molecular weight excluding hydrogens is 218 g/mol. The molecule has 1 aliphatic rings. The maximum atomic E-state index is 10.8. The van der Waals surface area contributed by atoms with Gasteiger partial charge in [-0.25, -0.2) is 0 Å². The van der Waals surface area contributed by atoms with Gasteiger partial charge in [-0.2, -0.15) is 8.42 Å². The summed E-state index contributed by atoms with van der Waals surface area (Å²) in [7, 11) is -0.400. The molecule has 0 saturated carbocycles. The maximum Gasteiger partial charge on any atom is 0.267 e. The van der Waals surface area contributed by atoms with Gasteiger partial charge in [0.15, 0.2) is 0 Å². The van der Waals surface area contributed by atoms with Crippen molar-refractivity contribution in [2.75, 3.05) is 33.0 Å². The molecule has 1 N–H and O–H groups in total. The van der Waals surface area contributed by atoms with Gasteiger partial charge in [0.05, 0.1) is 6.10 Å². The fraction of sp³-hybridized carbons (Fsp3) is 1.00. The number of ether oxygens (including phenoxy) is 1. The van der Waals surface area contributed by atoms with Gasteiger partial charge in [-0.3, -0.25) is 4.55 Å². The summed E-state index contributed by atoms with van der Waals surface area (Å²) in [5.41, 5.74) is 0. The minimum Gasteiger partial charge on any atom is -0.380 e. The predicted molar refractivity (Wildman–Crippen MR) is 57.4 cm³/mol. The third-order valence-corrected chi connectivity index (χ3v) is 3.72. The van der Waals surface area contributed by atoms with Crippen LogP contribution in [-0.2, 0) is 14.9 Å². The van der Waals surface area contributed by atoms with Gasteiger partial charge < -0.3 is 9.64 Å². The maximum absolute atomic E-state index is 10.8. The van der Waals surface area contributed by atoms with Crippen molar-refractivity contribution in [1.82, 2.24) is 4.90 Å². The molecule has 5 nitrogen and oxygen atoms in total. The van der Waals surface area contributed by atoms with Crippen LogP contribution in [0.5, 0.6) is 0 Å². The lowest BCUT2D eigenvalue weighted by atomic mass is 9.92. The first-order valence-corrected chi connectivity index (χ1v) is 6.70. The first-order chi connectivity index (χ1) is 6.92. The number of piperidine rings is 1. The highest BCUT2D eigenvalue weighted by molar-refractivity contribution is 7.85. The zero-order valence-corrected chi connectivity index (χ0v) is 10.0. The molecule has 15 heavy (non-hydrogen) atoms. The number of hydrogen-bond acceptors (Lipinski definition) is 4. The van der Waals surface area contributed by atoms with Crippen molar-refractivity contribution in [1.29, 1.82) is 0 Å². The Bertz CT molecular complexity index is 282. The Morgan fingerprint density at radius 1 is 1.47 bits per heavy atom. The van der Waals surface area contributed by atoms with Crippen LogP contribution in [0.4, 0.5) is 0 Å². The van der Waals surface area contributed by atoms with Crippen LogP contribution < -0.4 is 0 Å². The number of nitrogens with zero attached hydrogens (tertiary/aromatic N) is 1. The molecule has 0 spiro atoms. The zero-order valence-electron chi connectivity index (χ0n) is 9.22. The second kappa shape index (κ2) is 5.25. The van der Waals surface area contributed by atoms with Gasteiger partial charge in [-0.05, 0) is 38.9 Å². The van der Waals surface area contributed by atoms with Crippen molar-refractivity contribution < 1.29 is 17.7 Å². The topological polar surface area (TPSA) is 66.8 Å². The summed E-state index contributed by atoms with van der Waals surface area (Å²) in [6.07, 6.45) is 1.46. The summed E-state index contributed by atoms with van der Waals surface area (Å²) in [5.74, 6) is -0.0640. The summed E-state index contributed by atoms with van der Waals surface area (Å²) in [6, 6.07) is 0. The van der Waals surface area contributed by atoms with E-state index in [0.717, 1.165) is 25.9 Å². The molecule has 0 bridgehead atoms. The highest BCUT2D eigenvalue weighted by atomic mass is 32.2. The second-order valence-electron chi connectivity index (χ2n) is 4.16. The van der Waals surface area contributed by atoms with Crippen molar-refractivity contribution in [3.63, 3.8) is 0 Å². The number of rotatable bonds is 4. The first-order valence-electron chi connectivity index (χ1n) is 5.09. The predicted octanol–water partition coefficient (Wildman–Crippen LogP) is 0.231. The Morgan fingerprint density at radius 2 is 2.00 bits per heavy atom. The van der Waals surface area contributed by atoms with Gasteiger partial charge in [-0.15, -0.1) is 0 Å². The van der Waals surface area contributed by atoms with E-state index in [1.54, 1.807) is 0 Å². The van der Waals surface area contributed by atoms with Gasteiger partial charge in [-0.1, -0.05) is 0 Å². The van der Waals surface area contributed by atoms with E-state index in [-0.39, 0.29) is 17.8 Å². The van der Waals surface area contributed by atoms with Crippen molar-refractivity contribution in [2.45, 2.75) is 18.9 Å². The molecule has 1 atom stereocenters. The minimum atomic E-state index is -3.94. The fourth-order valence-corrected chi connectivity index (χ4v) is 2.83. The summed E-state index contributed by atoms with van der Waals surface area (Å²) in [4.78, 5) is 2.21. The SMILES string of the molecule is COC(CS(=O)(=O)O)C1CCN(C)CC1. The second-order valence-corrected chi connectivity index (χ2v) is 5.66. The van der Waals surface area contributed by atoms with Crippen LogP contribution in [0.2, 0.25) is 0 Å². The van der Waals surface area contributed by atoms with Gasteiger partial charge in [0, 0.05) is 7.11 Å². The Balaban J connectivity index is 2.52. The van der Waals surface area contributed by atoms with E-state index >= 15 is 0 Å². The first kappa shape index (κ1) is 12.9. The van der Waals surface area contributed by atoms with E-state index < -0.39 is 10.1 Å². The Hall–Kier alpha value is -0.170. The quantitative estimate of drug-likeness (QED) is 0.709. The minimum absolute atomic E-state index is 0.230. The molecule has 0 aromatic carbocycles. The van der Waals surface area contributed by atoms with E-state index in [1.165, 1.54) is 7.11 Å². The van der Waals surface area contributed by atoms with E-state index in [4.69, 9.17) is 9.29 Å². The number of likely N-dealkylation sites (tertiary alicyclic amines) is 1. The van der Waals surface area contributed by atoms with Crippen LogP contribution in [0.25, 0.3) is 0 Å². The molecule has 1 heterocycles. The third kappa shape index (κ3) is 4.46. The van der Waals surface area contributed by atoms with Crippen molar-refractivity contribution in [3.8, 4) is 0 Å². The molecule has 0 aromatic heterocycles. The number of hydrogen-bond donors (Lipinski definition) is 1. The summed E-state index contributed by atoms with van der Waals surface area (Å²) >= 11 is 0. The molecule has 1 aliphatic heterocycles. The average molecular weight is 237 g/mol. The molecule has 0 aliphatic carbocycles. The molecular formula is C9H19NO4S. The molecule has 1 fully saturated rings. The van der Waals surface area contributed by atoms with E-state index in [0.29, 0.717) is 0 Å². The smallest absolute Gasteiger partial charge is 0.267 e. The molecule has 0 aromatic rings. The van der Waals surface area contributed by atoms with Crippen molar-refractivity contribution >= 4 is 10.1 Å². The molecule has 90 valence electrons. The molecule has 1 unspecified atom stereocenters. The van der Waals surface area contributed by atoms with Crippen molar-refractivity contribution in [2.24, 2.45) is 5.92 Å².